The largest absolute Gasteiger partial charge is 0.449 e. The van der Waals surface area contributed by atoms with Gasteiger partial charge in [0.2, 0.25) is 5.75 Å². The van der Waals surface area contributed by atoms with Gasteiger partial charge in [0.15, 0.2) is 0 Å². The van der Waals surface area contributed by atoms with Crippen LogP contribution in [0.3, 0.4) is 0 Å². The fourth-order valence-electron chi connectivity index (χ4n) is 1.73. The first-order valence-electron chi connectivity index (χ1n) is 5.92. The first-order valence-corrected chi connectivity index (χ1v) is 6.30. The molecule has 0 spiro atoms. The van der Waals surface area contributed by atoms with Crippen molar-refractivity contribution in [3.63, 3.8) is 0 Å². The van der Waals surface area contributed by atoms with Gasteiger partial charge in [0.1, 0.15) is 5.75 Å². The maximum Gasteiger partial charge on any atom is 0.311 e. The van der Waals surface area contributed by atoms with E-state index < -0.39 is 4.92 Å². The van der Waals surface area contributed by atoms with Gasteiger partial charge in [-0.1, -0.05) is 23.7 Å². The molecule has 5 nitrogen and oxygen atoms in total. The van der Waals surface area contributed by atoms with Gasteiger partial charge in [-0.25, -0.2) is 0 Å². The summed E-state index contributed by atoms with van der Waals surface area (Å²) in [6.45, 7) is 2.19. The summed E-state index contributed by atoms with van der Waals surface area (Å²) >= 11 is 6.08. The fraction of sp³-hybridized carbons (Fsp3) is 0.143. The van der Waals surface area contributed by atoms with Crippen LogP contribution in [-0.4, -0.2) is 4.92 Å². The molecule has 0 saturated heterocycles. The molecule has 2 aromatic carbocycles. The maximum absolute atomic E-state index is 11.0. The Hall–Kier alpha value is -2.11. The van der Waals surface area contributed by atoms with Gasteiger partial charge in [-0.15, -0.1) is 0 Å². The topological polar surface area (TPSA) is 78.4 Å². The monoisotopic (exact) mass is 292 g/mol. The zero-order valence-electron chi connectivity index (χ0n) is 10.8. The highest BCUT2D eigenvalue weighted by atomic mass is 35.5. The van der Waals surface area contributed by atoms with Crippen molar-refractivity contribution in [2.45, 2.75) is 13.5 Å². The molecule has 6 heteroatoms. The van der Waals surface area contributed by atoms with Crippen LogP contribution in [0.4, 0.5) is 5.69 Å². The minimum atomic E-state index is -0.489. The lowest BCUT2D eigenvalue weighted by Gasteiger charge is -2.09. The van der Waals surface area contributed by atoms with Crippen molar-refractivity contribution >= 4 is 17.3 Å². The summed E-state index contributed by atoms with van der Waals surface area (Å²) in [6.07, 6.45) is 0. The summed E-state index contributed by atoms with van der Waals surface area (Å²) in [5.41, 5.74) is 7.14. The van der Waals surface area contributed by atoms with Gasteiger partial charge >= 0.3 is 5.69 Å². The van der Waals surface area contributed by atoms with Crippen LogP contribution in [0, 0.1) is 17.0 Å². The summed E-state index contributed by atoms with van der Waals surface area (Å²) < 4.78 is 5.57. The average Bonchev–Trinajstić information content (AvgIpc) is 2.40. The summed E-state index contributed by atoms with van der Waals surface area (Å²) in [6, 6.07) is 9.76. The lowest BCUT2D eigenvalue weighted by Crippen LogP contribution is -1.97. The molecule has 20 heavy (non-hydrogen) atoms. The zero-order chi connectivity index (χ0) is 14.7. The molecule has 0 aromatic heterocycles. The Labute approximate surface area is 121 Å². The molecule has 0 radical (unpaired) electrons. The smallest absolute Gasteiger partial charge is 0.311 e. The lowest BCUT2D eigenvalue weighted by atomic mass is 10.2. The van der Waals surface area contributed by atoms with Crippen molar-refractivity contribution in [2.24, 2.45) is 5.73 Å². The van der Waals surface area contributed by atoms with E-state index in [0.29, 0.717) is 17.3 Å². The number of nitrogens with zero attached hydrogens (tertiary/aromatic N) is 1. The van der Waals surface area contributed by atoms with E-state index in [1.54, 1.807) is 30.3 Å². The molecule has 0 atom stereocenters. The highest BCUT2D eigenvalue weighted by Gasteiger charge is 2.16. The fourth-order valence-corrected chi connectivity index (χ4v) is 1.97. The van der Waals surface area contributed by atoms with Gasteiger partial charge in [-0.3, -0.25) is 10.1 Å². The van der Waals surface area contributed by atoms with Crippen LogP contribution in [-0.2, 0) is 6.54 Å². The molecule has 0 unspecified atom stereocenters. The van der Waals surface area contributed by atoms with E-state index in [4.69, 9.17) is 22.1 Å². The summed E-state index contributed by atoms with van der Waals surface area (Å²) in [7, 11) is 0. The number of hydrogen-bond donors (Lipinski definition) is 1. The Balaban J connectivity index is 2.39. The Morgan fingerprint density at radius 2 is 2.00 bits per heavy atom. The molecule has 0 aliphatic carbocycles. The van der Waals surface area contributed by atoms with E-state index in [2.05, 4.69) is 0 Å². The Morgan fingerprint density at radius 1 is 1.25 bits per heavy atom. The SMILES string of the molecule is Cc1ccc([N+](=O)[O-])c(Oc2ccc(CN)cc2Cl)c1. The van der Waals surface area contributed by atoms with Gasteiger partial charge in [-0.2, -0.15) is 0 Å². The number of rotatable bonds is 4. The van der Waals surface area contributed by atoms with Crippen molar-refractivity contribution in [3.8, 4) is 11.5 Å². The second kappa shape index (κ2) is 5.90. The number of halogens is 1. The van der Waals surface area contributed by atoms with Gasteiger partial charge in [0.25, 0.3) is 0 Å². The maximum atomic E-state index is 11.0. The molecule has 0 fully saturated rings. The molecule has 0 aliphatic heterocycles. The van der Waals surface area contributed by atoms with Gasteiger partial charge in [0, 0.05) is 12.6 Å². The number of nitrogens with two attached hydrogens (primary N) is 1. The van der Waals surface area contributed by atoms with E-state index >= 15 is 0 Å². The second-order valence-electron chi connectivity index (χ2n) is 4.30. The molecule has 0 heterocycles. The first-order chi connectivity index (χ1) is 9.51. The molecular formula is C14H13ClN2O3. The number of aryl methyl sites for hydroxylation is 1. The van der Waals surface area contributed by atoms with Crippen molar-refractivity contribution in [2.75, 3.05) is 0 Å². The normalized spacial score (nSPS) is 10.3. The number of nitro benzene ring substituents is 1. The first kappa shape index (κ1) is 14.3. The van der Waals surface area contributed by atoms with Crippen molar-refractivity contribution in [1.82, 2.24) is 0 Å². The summed E-state index contributed by atoms with van der Waals surface area (Å²) in [5.74, 6) is 0.523. The molecule has 0 bridgehead atoms. The van der Waals surface area contributed by atoms with E-state index in [1.807, 2.05) is 6.92 Å². The highest BCUT2D eigenvalue weighted by molar-refractivity contribution is 6.32. The van der Waals surface area contributed by atoms with E-state index in [1.165, 1.54) is 6.07 Å². The number of ether oxygens (including phenoxy) is 1. The predicted molar refractivity (Wildman–Crippen MR) is 77.3 cm³/mol. The van der Waals surface area contributed by atoms with Gasteiger partial charge < -0.3 is 10.5 Å². The predicted octanol–water partition coefficient (Wildman–Crippen LogP) is 3.81. The third kappa shape index (κ3) is 3.07. The van der Waals surface area contributed by atoms with Crippen LogP contribution in [0.5, 0.6) is 11.5 Å². The third-order valence-electron chi connectivity index (χ3n) is 2.76. The van der Waals surface area contributed by atoms with Crippen LogP contribution in [0.2, 0.25) is 5.02 Å². The van der Waals surface area contributed by atoms with Crippen LogP contribution in [0.25, 0.3) is 0 Å². The van der Waals surface area contributed by atoms with E-state index in [-0.39, 0.29) is 11.4 Å². The molecular weight excluding hydrogens is 280 g/mol. The highest BCUT2D eigenvalue weighted by Crippen LogP contribution is 2.35. The van der Waals surface area contributed by atoms with Crippen molar-refractivity contribution in [1.29, 1.82) is 0 Å². The molecule has 2 rings (SSSR count). The Morgan fingerprint density at radius 3 is 2.60 bits per heavy atom. The molecule has 0 saturated carbocycles. The lowest BCUT2D eigenvalue weighted by molar-refractivity contribution is -0.385. The van der Waals surface area contributed by atoms with Crippen LogP contribution in [0.15, 0.2) is 36.4 Å². The third-order valence-corrected chi connectivity index (χ3v) is 3.06. The van der Waals surface area contributed by atoms with Crippen LogP contribution in [0.1, 0.15) is 11.1 Å². The molecule has 0 aliphatic rings. The van der Waals surface area contributed by atoms with E-state index in [9.17, 15) is 10.1 Å². The quantitative estimate of drug-likeness (QED) is 0.686. The van der Waals surface area contributed by atoms with Crippen LogP contribution < -0.4 is 10.5 Å². The molecule has 104 valence electrons. The van der Waals surface area contributed by atoms with Gasteiger partial charge in [0.05, 0.1) is 9.95 Å². The minimum Gasteiger partial charge on any atom is -0.449 e. The minimum absolute atomic E-state index is 0.102. The number of nitro groups is 1. The standard InChI is InChI=1S/C14H13ClN2O3/c1-9-2-4-12(17(18)19)14(6-9)20-13-5-3-10(8-16)7-11(13)15/h2-7H,8,16H2,1H3. The Bertz CT molecular complexity index is 659. The van der Waals surface area contributed by atoms with Crippen molar-refractivity contribution in [3.05, 3.63) is 62.7 Å². The van der Waals surface area contributed by atoms with E-state index in [0.717, 1.165) is 11.1 Å². The van der Waals surface area contributed by atoms with Crippen molar-refractivity contribution < 1.29 is 9.66 Å². The van der Waals surface area contributed by atoms with Crippen LogP contribution >= 0.6 is 11.6 Å². The zero-order valence-corrected chi connectivity index (χ0v) is 11.6. The average molecular weight is 293 g/mol. The summed E-state index contributed by atoms with van der Waals surface area (Å²) in [5, 5.41) is 11.3. The number of hydrogen-bond acceptors (Lipinski definition) is 4. The van der Waals surface area contributed by atoms with Gasteiger partial charge in [-0.05, 0) is 36.2 Å². The Kier molecular flexibility index (Phi) is 4.22. The molecule has 2 aromatic rings. The molecule has 0 amide bonds. The second-order valence-corrected chi connectivity index (χ2v) is 4.71. The number of benzene rings is 2. The summed E-state index contributed by atoms with van der Waals surface area (Å²) in [4.78, 5) is 10.5. The molecule has 2 N–H and O–H groups in total.